The van der Waals surface area contributed by atoms with Crippen LogP contribution in [0.5, 0.6) is 0 Å². The third kappa shape index (κ3) is 17.2. The fraction of sp³-hybridized carbons (Fsp3) is 0.667. The highest BCUT2D eigenvalue weighted by atomic mass is 79.9. The maximum atomic E-state index is 6.68. The van der Waals surface area contributed by atoms with Crippen LogP contribution in [0.25, 0.3) is 21.5 Å². The topological polar surface area (TPSA) is 26.0 Å². The van der Waals surface area contributed by atoms with Crippen molar-refractivity contribution in [1.29, 1.82) is 0 Å². The summed E-state index contributed by atoms with van der Waals surface area (Å²) in [7, 11) is -3.72. The van der Waals surface area contributed by atoms with E-state index in [0.717, 1.165) is 10.2 Å². The van der Waals surface area contributed by atoms with Crippen molar-refractivity contribution in [2.75, 3.05) is 5.73 Å². The molecule has 0 saturated carbocycles. The molecule has 322 valence electrons. The summed E-state index contributed by atoms with van der Waals surface area (Å²) >= 11 is 3.91. The van der Waals surface area contributed by atoms with E-state index >= 15 is 0 Å². The zero-order valence-corrected chi connectivity index (χ0v) is 42.2. The average Bonchev–Trinajstić information content (AvgIpc) is 3.22. The zero-order chi connectivity index (χ0) is 41.9. The van der Waals surface area contributed by atoms with Gasteiger partial charge in [0.15, 0.2) is 0 Å². The summed E-state index contributed by atoms with van der Waals surface area (Å²) in [5, 5.41) is 4.96. The van der Waals surface area contributed by atoms with E-state index in [1.165, 1.54) is 223 Å². The van der Waals surface area contributed by atoms with Crippen molar-refractivity contribution in [3.05, 3.63) is 52.0 Å². The predicted molar refractivity (Wildman–Crippen MR) is 273 cm³/mol. The van der Waals surface area contributed by atoms with Crippen LogP contribution in [-0.2, 0) is 0 Å². The van der Waals surface area contributed by atoms with Crippen molar-refractivity contribution < 1.29 is 0 Å². The Kier molecular flexibility index (Phi) is 25.4. The molecule has 2 N–H and O–H groups in total. The van der Waals surface area contributed by atoms with Crippen molar-refractivity contribution in [2.24, 2.45) is 0 Å². The Bertz CT molecular complexity index is 1530. The predicted octanol–water partition coefficient (Wildman–Crippen LogP) is 18.5. The van der Waals surface area contributed by atoms with Crippen molar-refractivity contribution in [3.63, 3.8) is 0 Å². The highest BCUT2D eigenvalue weighted by molar-refractivity contribution is 9.10. The first-order chi connectivity index (χ1) is 28.3. The first-order valence-corrected chi connectivity index (χ1v) is 30.9. The van der Waals surface area contributed by atoms with Gasteiger partial charge in [-0.15, -0.1) is 11.1 Å². The summed E-state index contributed by atoms with van der Waals surface area (Å²) in [6.07, 6.45) is 31.9. The molecule has 3 rings (SSSR count). The molecule has 1 nitrogen and oxygen atoms in total. The van der Waals surface area contributed by atoms with Gasteiger partial charge < -0.3 is 5.73 Å². The zero-order valence-electron chi connectivity index (χ0n) is 38.6. The summed E-state index contributed by atoms with van der Waals surface area (Å²) in [4.78, 5) is 0. The van der Waals surface area contributed by atoms with Crippen LogP contribution in [-0.4, -0.2) is 16.1 Å². The van der Waals surface area contributed by atoms with E-state index in [1.54, 1.807) is 0 Å². The van der Waals surface area contributed by atoms with Crippen molar-refractivity contribution in [1.82, 2.24) is 0 Å². The molecular formula is C54H86BrNSi2. The van der Waals surface area contributed by atoms with E-state index in [1.807, 2.05) is 0 Å². The number of nitrogens with two attached hydrogens (primary N) is 1. The Morgan fingerprint density at radius 2 is 0.707 bits per heavy atom. The molecule has 0 fully saturated rings. The van der Waals surface area contributed by atoms with Crippen LogP contribution in [0.1, 0.15) is 207 Å². The fourth-order valence-electron chi connectivity index (χ4n) is 9.34. The molecule has 0 saturated heterocycles. The minimum atomic E-state index is -1.86. The van der Waals surface area contributed by atoms with Crippen molar-refractivity contribution in [2.45, 2.75) is 232 Å². The van der Waals surface area contributed by atoms with E-state index in [2.05, 4.69) is 117 Å². The maximum Gasteiger partial charge on any atom is 0.138 e. The average molecular weight is 885 g/mol. The summed E-state index contributed by atoms with van der Waals surface area (Å²) in [5.41, 5.74) is 18.5. The molecule has 4 heteroatoms. The lowest BCUT2D eigenvalue weighted by Crippen LogP contribution is -2.33. The van der Waals surface area contributed by atoms with Gasteiger partial charge in [-0.1, -0.05) is 236 Å². The van der Waals surface area contributed by atoms with Crippen LogP contribution in [0.2, 0.25) is 36.3 Å². The van der Waals surface area contributed by atoms with Crippen LogP contribution >= 0.6 is 15.9 Å². The van der Waals surface area contributed by atoms with Gasteiger partial charge in [0.25, 0.3) is 0 Å². The maximum absolute atomic E-state index is 6.68. The quantitative estimate of drug-likeness (QED) is 0.0233. The minimum Gasteiger partial charge on any atom is -0.399 e. The van der Waals surface area contributed by atoms with E-state index in [9.17, 15) is 0 Å². The van der Waals surface area contributed by atoms with Crippen LogP contribution in [0.15, 0.2) is 40.9 Å². The second-order valence-corrected chi connectivity index (χ2v) is 27.7. The second kappa shape index (κ2) is 29.3. The number of unbranched alkanes of at least 4 members (excludes halogenated alkanes) is 18. The van der Waals surface area contributed by atoms with Crippen LogP contribution in [0, 0.1) is 22.9 Å². The molecule has 0 atom stereocenters. The monoisotopic (exact) mass is 884 g/mol. The molecule has 58 heavy (non-hydrogen) atoms. The first-order valence-electron chi connectivity index (χ1n) is 24.8. The van der Waals surface area contributed by atoms with Gasteiger partial charge in [0.05, 0.1) is 0 Å². The van der Waals surface area contributed by atoms with Gasteiger partial charge in [0, 0.05) is 32.1 Å². The molecule has 0 aliphatic heterocycles. The van der Waals surface area contributed by atoms with Gasteiger partial charge in [0.2, 0.25) is 0 Å². The summed E-state index contributed by atoms with van der Waals surface area (Å²) in [6.45, 7) is 14.0. The van der Waals surface area contributed by atoms with Gasteiger partial charge in [-0.2, -0.15) is 0 Å². The summed E-state index contributed by atoms with van der Waals surface area (Å²) < 4.78 is 1.12. The molecule has 0 aromatic heterocycles. The highest BCUT2D eigenvalue weighted by Gasteiger charge is 2.31. The van der Waals surface area contributed by atoms with Crippen molar-refractivity contribution >= 4 is 59.3 Å². The van der Waals surface area contributed by atoms with Crippen LogP contribution in [0.3, 0.4) is 0 Å². The van der Waals surface area contributed by atoms with Gasteiger partial charge in [0.1, 0.15) is 16.1 Å². The number of halogens is 1. The van der Waals surface area contributed by atoms with Gasteiger partial charge in [-0.25, -0.2) is 0 Å². The number of nitrogen functional groups attached to an aromatic ring is 1. The van der Waals surface area contributed by atoms with E-state index < -0.39 is 16.1 Å². The summed E-state index contributed by atoms with van der Waals surface area (Å²) in [5.74, 6) is 8.13. The van der Waals surface area contributed by atoms with Crippen LogP contribution < -0.4 is 5.73 Å². The number of anilines is 1. The van der Waals surface area contributed by atoms with Crippen LogP contribution in [0.4, 0.5) is 5.69 Å². The molecule has 0 aliphatic rings. The van der Waals surface area contributed by atoms with E-state index in [0.29, 0.717) is 0 Å². The minimum absolute atomic E-state index is 0.819. The molecule has 0 amide bonds. The molecule has 0 unspecified atom stereocenters. The van der Waals surface area contributed by atoms with Gasteiger partial charge in [-0.3, -0.25) is 0 Å². The normalized spacial score (nSPS) is 11.8. The largest absolute Gasteiger partial charge is 0.399 e. The molecule has 0 bridgehead atoms. The third-order valence-electron chi connectivity index (χ3n) is 13.1. The Balaban J connectivity index is 2.30. The Labute approximate surface area is 369 Å². The Hall–Kier alpha value is -1.99. The molecule has 0 spiro atoms. The SMILES string of the molecule is CCCCCC[Si](C#Cc1c2ccc(Br)cc2c(C#C[Si](CCCCCC)(CCCCCC)CCCCCC)c2ccc(N)cc12)(CCCCCC)CCCCCC. The lowest BCUT2D eigenvalue weighted by Gasteiger charge is -2.27. The Morgan fingerprint density at radius 3 is 1.03 bits per heavy atom. The molecule has 3 aromatic rings. The fourth-order valence-corrected chi connectivity index (χ4v) is 18.3. The Morgan fingerprint density at radius 1 is 0.397 bits per heavy atom. The highest BCUT2D eigenvalue weighted by Crippen LogP contribution is 2.37. The van der Waals surface area contributed by atoms with Gasteiger partial charge >= 0.3 is 0 Å². The number of hydrogen-bond donors (Lipinski definition) is 1. The van der Waals surface area contributed by atoms with Gasteiger partial charge in [-0.05, 0) is 71.3 Å². The standard InChI is InChI=1S/C54H86BrNSi2/c1-7-13-19-25-37-57(38-26-20-14-8-2,39-27-21-15-9-3)43-35-51-50-34-32-48(56)46-54(50)52(49-33-31-47(55)45-53(49)51)36-44-58(40-28-22-16-10-4,41-29-23-17-11-5)42-30-24-18-12-6/h31-34,45-46H,7-30,37-42,56H2,1-6H3. The van der Waals surface area contributed by atoms with Crippen molar-refractivity contribution in [3.8, 4) is 22.9 Å². The third-order valence-corrected chi connectivity index (χ3v) is 22.7. The number of fused-ring (bicyclic) bond motifs is 2. The van der Waals surface area contributed by atoms with E-state index in [-0.39, 0.29) is 0 Å². The molecular weight excluding hydrogens is 799 g/mol. The van der Waals surface area contributed by atoms with E-state index in [4.69, 9.17) is 5.73 Å². The second-order valence-electron chi connectivity index (χ2n) is 18.2. The molecule has 0 radical (unpaired) electrons. The summed E-state index contributed by atoms with van der Waals surface area (Å²) in [6, 6.07) is 21.6. The first kappa shape index (κ1) is 50.4. The number of benzene rings is 3. The molecule has 0 heterocycles. The number of rotatable bonds is 30. The lowest BCUT2D eigenvalue weighted by molar-refractivity contribution is 0.668. The molecule has 0 aliphatic carbocycles. The lowest BCUT2D eigenvalue weighted by atomic mass is 9.92. The molecule has 3 aromatic carbocycles. The number of hydrogen-bond acceptors (Lipinski definition) is 1. The smallest absolute Gasteiger partial charge is 0.138 e.